The van der Waals surface area contributed by atoms with E-state index in [-0.39, 0.29) is 5.41 Å². The van der Waals surface area contributed by atoms with E-state index >= 15 is 0 Å². The van der Waals surface area contributed by atoms with Crippen molar-refractivity contribution in [2.75, 3.05) is 0 Å². The minimum atomic E-state index is -0.0578. The van der Waals surface area contributed by atoms with E-state index in [0.29, 0.717) is 0 Å². The summed E-state index contributed by atoms with van der Waals surface area (Å²) < 4.78 is 0. The third kappa shape index (κ3) is 5.29. The summed E-state index contributed by atoms with van der Waals surface area (Å²) in [4.78, 5) is 0. The van der Waals surface area contributed by atoms with Crippen LogP contribution >= 0.6 is 0 Å². The first kappa shape index (κ1) is 33.3. The molecule has 0 bridgehead atoms. The highest BCUT2D eigenvalue weighted by Crippen LogP contribution is 2.51. The summed E-state index contributed by atoms with van der Waals surface area (Å²) in [5, 5.41) is 10.2. The maximum Gasteiger partial charge on any atom is 0.0159 e. The van der Waals surface area contributed by atoms with Crippen LogP contribution in [0.25, 0.3) is 99.7 Å². The fraction of sp³-hybridized carbons (Fsp3) is 0.0526. The molecule has 0 aromatic heterocycles. The van der Waals surface area contributed by atoms with Gasteiger partial charge in [0, 0.05) is 5.41 Å². The molecule has 0 radical (unpaired) electrons. The van der Waals surface area contributed by atoms with E-state index in [0.717, 1.165) is 0 Å². The van der Waals surface area contributed by atoms with E-state index in [4.69, 9.17) is 0 Å². The van der Waals surface area contributed by atoms with Gasteiger partial charge < -0.3 is 0 Å². The minimum absolute atomic E-state index is 0.0578. The molecule has 0 amide bonds. The topological polar surface area (TPSA) is 0 Å². The maximum absolute atomic E-state index is 2.46. The Morgan fingerprint density at radius 3 is 1.54 bits per heavy atom. The van der Waals surface area contributed by atoms with Gasteiger partial charge in [-0.15, -0.1) is 0 Å². The van der Waals surface area contributed by atoms with Crippen molar-refractivity contribution in [2.45, 2.75) is 19.3 Å². The zero-order valence-electron chi connectivity index (χ0n) is 32.1. The van der Waals surface area contributed by atoms with Crippen molar-refractivity contribution in [2.24, 2.45) is 0 Å². The molecule has 0 spiro atoms. The molecule has 11 rings (SSSR count). The zero-order valence-corrected chi connectivity index (χ0v) is 32.1. The van der Waals surface area contributed by atoms with Crippen molar-refractivity contribution in [1.82, 2.24) is 0 Å². The molecule has 1 aliphatic carbocycles. The normalized spacial score (nSPS) is 13.2. The standard InChI is InChI=1S/C57H40/c1-57(2)53-25-12-11-19-47(53)48-35-33-41(36-54(48)57)56-51-22-9-7-20-49(51)55(50-21-8-10-23-52(50)56)40-30-27-37(28-31-40)26-29-39-32-34-46(44-18-6-5-17-43(39)44)45-24-13-15-38-14-3-4-16-42(38)45/h3-36H,1-2H3. The molecule has 0 saturated carbocycles. The van der Waals surface area contributed by atoms with Crippen LogP contribution in [0.1, 0.15) is 36.1 Å². The molecule has 0 atom stereocenters. The summed E-state index contributed by atoms with van der Waals surface area (Å²) in [5.74, 6) is 0. The quantitative estimate of drug-likeness (QED) is 0.122. The first-order valence-electron chi connectivity index (χ1n) is 20.0. The number of hydrogen-bond acceptors (Lipinski definition) is 0. The second-order valence-electron chi connectivity index (χ2n) is 16.0. The van der Waals surface area contributed by atoms with Crippen LogP contribution in [0, 0.1) is 0 Å². The molecule has 0 heterocycles. The van der Waals surface area contributed by atoms with Gasteiger partial charge in [0.1, 0.15) is 0 Å². The van der Waals surface area contributed by atoms with E-state index in [1.807, 2.05) is 0 Å². The van der Waals surface area contributed by atoms with Crippen LogP contribution in [0.2, 0.25) is 0 Å². The Morgan fingerprint density at radius 2 is 0.825 bits per heavy atom. The second-order valence-corrected chi connectivity index (χ2v) is 16.0. The fourth-order valence-electron chi connectivity index (χ4n) is 9.72. The molecule has 0 fully saturated rings. The fourth-order valence-corrected chi connectivity index (χ4v) is 9.72. The van der Waals surface area contributed by atoms with Crippen LogP contribution < -0.4 is 0 Å². The van der Waals surface area contributed by atoms with Gasteiger partial charge in [-0.1, -0.05) is 214 Å². The SMILES string of the molecule is CC1(C)c2ccccc2-c2ccc(-c3c4ccccc4c(-c4ccc(C=Cc5ccc(-c6cccc7ccccc67)c6ccccc56)cc4)c4ccccc34)cc21. The lowest BCUT2D eigenvalue weighted by Gasteiger charge is -2.23. The smallest absolute Gasteiger partial charge is 0.0159 e. The molecule has 0 unspecified atom stereocenters. The molecule has 57 heavy (non-hydrogen) atoms. The van der Waals surface area contributed by atoms with Crippen LogP contribution in [-0.2, 0) is 5.41 Å². The summed E-state index contributed by atoms with van der Waals surface area (Å²) >= 11 is 0. The van der Waals surface area contributed by atoms with Crippen molar-refractivity contribution < 1.29 is 0 Å². The Kier molecular flexibility index (Phi) is 7.63. The first-order chi connectivity index (χ1) is 28.0. The number of rotatable bonds is 5. The minimum Gasteiger partial charge on any atom is -0.0619 e. The largest absolute Gasteiger partial charge is 0.0619 e. The monoisotopic (exact) mass is 724 g/mol. The Labute approximate surface area is 334 Å². The van der Waals surface area contributed by atoms with Gasteiger partial charge in [0.2, 0.25) is 0 Å². The van der Waals surface area contributed by atoms with Crippen molar-refractivity contribution in [3.05, 3.63) is 216 Å². The summed E-state index contributed by atoms with van der Waals surface area (Å²) in [6.07, 6.45) is 4.51. The Balaban J connectivity index is 0.982. The van der Waals surface area contributed by atoms with E-state index in [2.05, 4.69) is 220 Å². The van der Waals surface area contributed by atoms with Crippen LogP contribution in [-0.4, -0.2) is 0 Å². The number of fused-ring (bicyclic) bond motifs is 7. The third-order valence-corrected chi connectivity index (χ3v) is 12.5. The van der Waals surface area contributed by atoms with Gasteiger partial charge in [-0.3, -0.25) is 0 Å². The second kappa shape index (κ2) is 13.0. The van der Waals surface area contributed by atoms with E-state index in [1.54, 1.807) is 0 Å². The Morgan fingerprint density at radius 1 is 0.333 bits per heavy atom. The first-order valence-corrected chi connectivity index (χ1v) is 20.0. The predicted octanol–water partition coefficient (Wildman–Crippen LogP) is 15.8. The van der Waals surface area contributed by atoms with Crippen molar-refractivity contribution in [3.63, 3.8) is 0 Å². The van der Waals surface area contributed by atoms with Crippen LogP contribution in [0.5, 0.6) is 0 Å². The van der Waals surface area contributed by atoms with E-state index < -0.39 is 0 Å². The third-order valence-electron chi connectivity index (χ3n) is 12.5. The van der Waals surface area contributed by atoms with Crippen molar-refractivity contribution in [3.8, 4) is 44.5 Å². The van der Waals surface area contributed by atoms with Gasteiger partial charge in [0.15, 0.2) is 0 Å². The van der Waals surface area contributed by atoms with Gasteiger partial charge in [-0.05, 0) is 116 Å². The van der Waals surface area contributed by atoms with Crippen molar-refractivity contribution >= 4 is 55.2 Å². The number of benzene rings is 10. The molecule has 268 valence electrons. The average Bonchev–Trinajstić information content (AvgIpc) is 3.50. The molecular weight excluding hydrogens is 685 g/mol. The summed E-state index contributed by atoms with van der Waals surface area (Å²) in [6.45, 7) is 4.73. The van der Waals surface area contributed by atoms with Crippen LogP contribution in [0.4, 0.5) is 0 Å². The van der Waals surface area contributed by atoms with Gasteiger partial charge in [-0.25, -0.2) is 0 Å². The molecule has 10 aromatic carbocycles. The molecule has 0 nitrogen and oxygen atoms in total. The lowest BCUT2D eigenvalue weighted by atomic mass is 9.80. The van der Waals surface area contributed by atoms with E-state index in [1.165, 1.54) is 110 Å². The molecule has 10 aromatic rings. The highest BCUT2D eigenvalue weighted by atomic mass is 14.4. The van der Waals surface area contributed by atoms with Gasteiger partial charge in [0.05, 0.1) is 0 Å². The van der Waals surface area contributed by atoms with Gasteiger partial charge in [-0.2, -0.15) is 0 Å². The van der Waals surface area contributed by atoms with Crippen molar-refractivity contribution in [1.29, 1.82) is 0 Å². The maximum atomic E-state index is 2.46. The lowest BCUT2D eigenvalue weighted by molar-refractivity contribution is 0.660. The summed E-state index contributed by atoms with van der Waals surface area (Å²) in [5.41, 5.74) is 15.5. The Hall–Kier alpha value is -7.02. The summed E-state index contributed by atoms with van der Waals surface area (Å²) in [6, 6.07) is 71.7. The number of hydrogen-bond donors (Lipinski definition) is 0. The highest BCUT2D eigenvalue weighted by Gasteiger charge is 2.35. The summed E-state index contributed by atoms with van der Waals surface area (Å²) in [7, 11) is 0. The Bertz CT molecular complexity index is 3180. The highest BCUT2D eigenvalue weighted by molar-refractivity contribution is 6.21. The zero-order chi connectivity index (χ0) is 38.1. The molecule has 0 aliphatic heterocycles. The van der Waals surface area contributed by atoms with Crippen LogP contribution in [0.3, 0.4) is 0 Å². The molecular formula is C57H40. The molecule has 0 saturated heterocycles. The van der Waals surface area contributed by atoms with Gasteiger partial charge in [0.25, 0.3) is 0 Å². The predicted molar refractivity (Wildman–Crippen MR) is 246 cm³/mol. The molecule has 0 N–H and O–H groups in total. The average molecular weight is 725 g/mol. The van der Waals surface area contributed by atoms with Gasteiger partial charge >= 0.3 is 0 Å². The molecule has 1 aliphatic rings. The van der Waals surface area contributed by atoms with Crippen LogP contribution in [0.15, 0.2) is 194 Å². The van der Waals surface area contributed by atoms with E-state index in [9.17, 15) is 0 Å². The lowest BCUT2D eigenvalue weighted by Crippen LogP contribution is -2.14. The molecule has 0 heteroatoms.